The molecule has 0 aromatic carbocycles. The molecule has 6 nitrogen and oxygen atoms in total. The monoisotopic (exact) mass is 402 g/mol. The molecule has 1 amide bonds. The highest BCUT2D eigenvalue weighted by molar-refractivity contribution is 7.99. The average Bonchev–Trinajstić information content (AvgIpc) is 3.09. The number of halogens is 1. The zero-order valence-corrected chi connectivity index (χ0v) is 16.7. The molecular weight excluding hydrogens is 380 g/mol. The van der Waals surface area contributed by atoms with E-state index < -0.39 is 0 Å². The first kappa shape index (κ1) is 20.4. The number of nitrogens with one attached hydrogen (secondary N) is 2. The predicted molar refractivity (Wildman–Crippen MR) is 105 cm³/mol. The Kier molecular flexibility index (Phi) is 7.45. The smallest absolute Gasteiger partial charge is 0.220 e. The minimum atomic E-state index is -0.362. The molecule has 0 spiro atoms. The van der Waals surface area contributed by atoms with E-state index in [-0.39, 0.29) is 30.3 Å². The second-order valence-corrected chi connectivity index (χ2v) is 8.32. The van der Waals surface area contributed by atoms with Crippen LogP contribution in [0, 0.1) is 19.8 Å². The van der Waals surface area contributed by atoms with Crippen molar-refractivity contribution in [3.8, 4) is 0 Å². The lowest BCUT2D eigenvalue weighted by molar-refractivity contribution is -0.120. The van der Waals surface area contributed by atoms with E-state index in [9.17, 15) is 9.90 Å². The number of hydrogen-bond acceptors (Lipinski definition) is 7. The quantitative estimate of drug-likeness (QED) is 0.505. The molecule has 9 heteroatoms. The van der Waals surface area contributed by atoms with Gasteiger partial charge in [-0.1, -0.05) is 0 Å². The maximum absolute atomic E-state index is 12.0. The molecule has 0 aliphatic carbocycles. The Labute approximate surface area is 161 Å². The number of hydrogen-bond donors (Lipinski definition) is 3. The van der Waals surface area contributed by atoms with Crippen molar-refractivity contribution in [3.05, 3.63) is 16.8 Å². The molecule has 0 bridgehead atoms. The molecule has 0 radical (unpaired) electrons. The second kappa shape index (κ2) is 9.14. The molecule has 2 aromatic heterocycles. The summed E-state index contributed by atoms with van der Waals surface area (Å²) >= 11 is 3.28. The fourth-order valence-corrected chi connectivity index (χ4v) is 4.82. The summed E-state index contributed by atoms with van der Waals surface area (Å²) in [5, 5.41) is 17.8. The zero-order valence-electron chi connectivity index (χ0n) is 14.2. The number of carbonyl (C=O) groups excluding carboxylic acids is 1. The molecule has 1 fully saturated rings. The predicted octanol–water partition coefficient (Wildman–Crippen LogP) is 1.91. The number of aromatic nitrogens is 2. The van der Waals surface area contributed by atoms with Crippen LogP contribution in [0.15, 0.2) is 11.4 Å². The second-order valence-electron chi connectivity index (χ2n) is 6.03. The summed E-state index contributed by atoms with van der Waals surface area (Å²) < 4.78 is 0. The summed E-state index contributed by atoms with van der Waals surface area (Å²) in [7, 11) is 0. The van der Waals surface area contributed by atoms with Crippen molar-refractivity contribution >= 4 is 51.6 Å². The summed E-state index contributed by atoms with van der Waals surface area (Å²) in [5.41, 5.74) is 1.23. The fraction of sp³-hybridized carbons (Fsp3) is 0.562. The summed E-state index contributed by atoms with van der Waals surface area (Å²) in [5.74, 6) is 0.808. The zero-order chi connectivity index (χ0) is 17.1. The number of nitrogens with zero attached hydrogens (tertiary/aromatic N) is 2. The van der Waals surface area contributed by atoms with Crippen molar-refractivity contribution in [2.45, 2.75) is 31.4 Å². The van der Waals surface area contributed by atoms with Gasteiger partial charge in [0.15, 0.2) is 0 Å². The van der Waals surface area contributed by atoms with E-state index in [0.29, 0.717) is 25.3 Å². The molecule has 138 valence electrons. The third-order valence-corrected chi connectivity index (χ3v) is 6.47. The number of β-amino-alcohol motifs (C(OH)–C–C–N with tert-alkyl or cyclic N) is 1. The number of aliphatic hydroxyl groups is 1. The minimum Gasteiger partial charge on any atom is -0.391 e. The summed E-state index contributed by atoms with van der Waals surface area (Å²) in [6.07, 6.45) is 1.67. The van der Waals surface area contributed by atoms with Crippen LogP contribution in [0.4, 0.5) is 0 Å². The largest absolute Gasteiger partial charge is 0.391 e. The average molecular weight is 403 g/mol. The van der Waals surface area contributed by atoms with E-state index in [0.717, 1.165) is 21.8 Å². The Bertz CT molecular complexity index is 740. The Morgan fingerprint density at radius 3 is 2.96 bits per heavy atom. The number of amides is 1. The number of aryl methyl sites for hydroxylation is 2. The molecule has 3 N–H and O–H groups in total. The number of thioether (sulfide) groups is 1. The van der Waals surface area contributed by atoms with Crippen LogP contribution in [0.3, 0.4) is 0 Å². The van der Waals surface area contributed by atoms with Crippen LogP contribution >= 0.6 is 35.5 Å². The number of rotatable bonds is 6. The van der Waals surface area contributed by atoms with Gasteiger partial charge in [0.1, 0.15) is 16.2 Å². The van der Waals surface area contributed by atoms with Crippen molar-refractivity contribution in [1.82, 2.24) is 20.6 Å². The van der Waals surface area contributed by atoms with Crippen LogP contribution in [0.25, 0.3) is 10.2 Å². The number of aliphatic hydroxyl groups excluding tert-OH is 1. The molecule has 1 saturated heterocycles. The van der Waals surface area contributed by atoms with Gasteiger partial charge in [0.2, 0.25) is 5.91 Å². The molecule has 2 atom stereocenters. The minimum absolute atomic E-state index is 0. The Hall–Kier alpha value is -0.930. The molecule has 3 rings (SSSR count). The van der Waals surface area contributed by atoms with Gasteiger partial charge in [-0.15, -0.1) is 35.5 Å². The maximum Gasteiger partial charge on any atom is 0.220 e. The molecule has 3 heterocycles. The Morgan fingerprint density at radius 1 is 1.44 bits per heavy atom. The van der Waals surface area contributed by atoms with Crippen LogP contribution in [0.1, 0.15) is 16.9 Å². The standard InChI is InChI=1S/C16H22N4O2S2.ClH/c1-9-10(2)24-16-14(9)15(19-8-20-16)23-4-3-13(22)18-6-11-5-17-7-12(11)21;/h8,11-12,17,21H,3-7H2,1-2H3,(H,18,22);1H. The van der Waals surface area contributed by atoms with Crippen LogP contribution in [0.2, 0.25) is 0 Å². The van der Waals surface area contributed by atoms with Crippen LogP contribution in [-0.2, 0) is 4.79 Å². The highest BCUT2D eigenvalue weighted by atomic mass is 35.5. The highest BCUT2D eigenvalue weighted by Gasteiger charge is 2.24. The van der Waals surface area contributed by atoms with E-state index in [1.54, 1.807) is 29.4 Å². The molecule has 0 saturated carbocycles. The molecule has 25 heavy (non-hydrogen) atoms. The van der Waals surface area contributed by atoms with Gasteiger partial charge in [-0.2, -0.15) is 0 Å². The molecule has 2 unspecified atom stereocenters. The first-order valence-corrected chi connectivity index (χ1v) is 9.85. The normalized spacial score (nSPS) is 19.8. The molecule has 1 aliphatic rings. The van der Waals surface area contributed by atoms with Crippen LogP contribution < -0.4 is 10.6 Å². The van der Waals surface area contributed by atoms with Gasteiger partial charge in [-0.25, -0.2) is 9.97 Å². The topological polar surface area (TPSA) is 87.1 Å². The van der Waals surface area contributed by atoms with Gasteiger partial charge < -0.3 is 15.7 Å². The van der Waals surface area contributed by atoms with Gasteiger partial charge in [-0.05, 0) is 19.4 Å². The van der Waals surface area contributed by atoms with E-state index in [1.807, 2.05) is 0 Å². The lowest BCUT2D eigenvalue weighted by Crippen LogP contribution is -2.34. The van der Waals surface area contributed by atoms with Gasteiger partial charge in [-0.3, -0.25) is 4.79 Å². The number of fused-ring (bicyclic) bond motifs is 1. The van der Waals surface area contributed by atoms with Gasteiger partial charge in [0, 0.05) is 48.0 Å². The first-order chi connectivity index (χ1) is 11.6. The van der Waals surface area contributed by atoms with Gasteiger partial charge >= 0.3 is 0 Å². The Balaban J connectivity index is 0.00000225. The SMILES string of the molecule is Cc1sc2ncnc(SCCC(=O)NCC3CNCC3O)c2c1C.Cl. The van der Waals surface area contributed by atoms with Crippen molar-refractivity contribution in [2.75, 3.05) is 25.4 Å². The summed E-state index contributed by atoms with van der Waals surface area (Å²) in [6.45, 7) is 6.08. The van der Waals surface area contributed by atoms with Crippen molar-refractivity contribution in [3.63, 3.8) is 0 Å². The highest BCUT2D eigenvalue weighted by Crippen LogP contribution is 2.34. The van der Waals surface area contributed by atoms with Crippen molar-refractivity contribution < 1.29 is 9.90 Å². The number of thiophene rings is 1. The molecular formula is C16H23ClN4O2S2. The number of carbonyl (C=O) groups is 1. The summed E-state index contributed by atoms with van der Waals surface area (Å²) in [6, 6.07) is 0. The Morgan fingerprint density at radius 2 is 2.24 bits per heavy atom. The molecule has 2 aromatic rings. The van der Waals surface area contributed by atoms with Crippen LogP contribution in [-0.4, -0.2) is 52.5 Å². The van der Waals surface area contributed by atoms with Gasteiger partial charge in [0.05, 0.1) is 6.10 Å². The molecule has 1 aliphatic heterocycles. The lowest BCUT2D eigenvalue weighted by atomic mass is 10.1. The van der Waals surface area contributed by atoms with E-state index in [4.69, 9.17) is 0 Å². The fourth-order valence-electron chi connectivity index (χ4n) is 2.76. The summed E-state index contributed by atoms with van der Waals surface area (Å²) in [4.78, 5) is 23.0. The first-order valence-electron chi connectivity index (χ1n) is 8.05. The van der Waals surface area contributed by atoms with E-state index >= 15 is 0 Å². The van der Waals surface area contributed by atoms with Gasteiger partial charge in [0.25, 0.3) is 0 Å². The van der Waals surface area contributed by atoms with Crippen molar-refractivity contribution in [2.24, 2.45) is 5.92 Å². The van der Waals surface area contributed by atoms with Crippen molar-refractivity contribution in [1.29, 1.82) is 0 Å². The van der Waals surface area contributed by atoms with E-state index in [2.05, 4.69) is 34.4 Å². The third-order valence-electron chi connectivity index (χ3n) is 4.36. The van der Waals surface area contributed by atoms with E-state index in [1.165, 1.54) is 10.4 Å². The van der Waals surface area contributed by atoms with Crippen LogP contribution in [0.5, 0.6) is 0 Å². The lowest BCUT2D eigenvalue weighted by Gasteiger charge is -2.13. The maximum atomic E-state index is 12.0. The third kappa shape index (κ3) is 4.83.